The molecule has 1 aromatic heterocycles. The van der Waals surface area contributed by atoms with E-state index in [-0.39, 0.29) is 5.91 Å². The summed E-state index contributed by atoms with van der Waals surface area (Å²) in [4.78, 5) is 16.8. The first kappa shape index (κ1) is 18.7. The summed E-state index contributed by atoms with van der Waals surface area (Å²) in [6.07, 6.45) is 4.82. The highest BCUT2D eigenvalue weighted by molar-refractivity contribution is 5.77. The number of rotatable bonds is 6. The fraction of sp³-hybridized carbons (Fsp3) is 0.391. The first-order valence-electron chi connectivity index (χ1n) is 10.2. The first-order valence-corrected chi connectivity index (χ1v) is 10.2. The van der Waals surface area contributed by atoms with E-state index in [4.69, 9.17) is 0 Å². The molecule has 5 nitrogen and oxygen atoms in total. The smallest absolute Gasteiger partial charge is 0.220 e. The minimum atomic E-state index is 0.149. The van der Waals surface area contributed by atoms with Crippen LogP contribution in [0.2, 0.25) is 0 Å². The van der Waals surface area contributed by atoms with Gasteiger partial charge in [-0.25, -0.2) is 4.98 Å². The van der Waals surface area contributed by atoms with Gasteiger partial charge in [-0.2, -0.15) is 0 Å². The Bertz CT molecular complexity index is 925. The Morgan fingerprint density at radius 2 is 1.93 bits per heavy atom. The molecule has 2 heterocycles. The lowest BCUT2D eigenvalue weighted by molar-refractivity contribution is -0.122. The Morgan fingerprint density at radius 3 is 2.71 bits per heavy atom. The summed E-state index contributed by atoms with van der Waals surface area (Å²) in [6.45, 7) is 4.94. The predicted octanol–water partition coefficient (Wildman–Crippen LogP) is 3.67. The molecule has 1 unspecified atom stereocenters. The van der Waals surface area contributed by atoms with Crippen molar-refractivity contribution in [2.75, 3.05) is 13.1 Å². The molecule has 1 fully saturated rings. The number of aromatic nitrogens is 2. The number of para-hydroxylation sites is 2. The average molecular weight is 377 g/mol. The van der Waals surface area contributed by atoms with E-state index in [1.807, 2.05) is 24.5 Å². The van der Waals surface area contributed by atoms with E-state index in [0.29, 0.717) is 24.8 Å². The zero-order valence-corrected chi connectivity index (χ0v) is 16.4. The number of benzene rings is 2. The third-order valence-electron chi connectivity index (χ3n) is 5.85. The first-order chi connectivity index (χ1) is 13.7. The molecule has 0 aliphatic carbocycles. The molecule has 0 bridgehead atoms. The van der Waals surface area contributed by atoms with Crippen LogP contribution in [0.5, 0.6) is 0 Å². The van der Waals surface area contributed by atoms with Gasteiger partial charge in [0.05, 0.1) is 11.0 Å². The van der Waals surface area contributed by atoms with Crippen LogP contribution in [0.1, 0.15) is 31.7 Å². The van der Waals surface area contributed by atoms with E-state index in [1.165, 1.54) is 12.8 Å². The summed E-state index contributed by atoms with van der Waals surface area (Å²) < 4.78 is 2.08. The lowest BCUT2D eigenvalue weighted by atomic mass is 9.84. The highest BCUT2D eigenvalue weighted by atomic mass is 16.1. The number of carbonyl (C=O) groups excluding carboxylic acids is 1. The molecule has 0 radical (unpaired) electrons. The van der Waals surface area contributed by atoms with Crippen LogP contribution in [0.25, 0.3) is 16.7 Å². The van der Waals surface area contributed by atoms with Crippen LogP contribution in [0.4, 0.5) is 0 Å². The number of piperidine rings is 1. The van der Waals surface area contributed by atoms with Gasteiger partial charge in [0.15, 0.2) is 0 Å². The van der Waals surface area contributed by atoms with Crippen LogP contribution in [-0.4, -0.2) is 28.5 Å². The molecule has 3 aromatic rings. The third kappa shape index (κ3) is 4.25. The molecule has 1 amide bonds. The molecule has 4 rings (SSSR count). The highest BCUT2D eigenvalue weighted by Gasteiger charge is 2.21. The van der Waals surface area contributed by atoms with Crippen LogP contribution in [-0.2, 0) is 11.3 Å². The number of hydrogen-bond acceptors (Lipinski definition) is 3. The molecular formula is C23H28N4O. The zero-order chi connectivity index (χ0) is 19.3. The summed E-state index contributed by atoms with van der Waals surface area (Å²) >= 11 is 0. The maximum Gasteiger partial charge on any atom is 0.220 e. The van der Waals surface area contributed by atoms with Gasteiger partial charge in [-0.1, -0.05) is 31.2 Å². The van der Waals surface area contributed by atoms with Gasteiger partial charge < -0.3 is 10.6 Å². The number of nitrogens with zero attached hydrogens (tertiary/aromatic N) is 2. The van der Waals surface area contributed by atoms with Crippen LogP contribution in [0.3, 0.4) is 0 Å². The number of carbonyl (C=O) groups is 1. The number of amides is 1. The second kappa shape index (κ2) is 8.57. The molecule has 0 saturated carbocycles. The van der Waals surface area contributed by atoms with E-state index in [1.54, 1.807) is 0 Å². The molecule has 28 heavy (non-hydrogen) atoms. The average Bonchev–Trinajstić information content (AvgIpc) is 3.17. The van der Waals surface area contributed by atoms with Crippen molar-refractivity contribution in [1.29, 1.82) is 0 Å². The second-order valence-electron chi connectivity index (χ2n) is 7.82. The normalized spacial score (nSPS) is 16.2. The second-order valence-corrected chi connectivity index (χ2v) is 7.82. The molecule has 5 heteroatoms. The summed E-state index contributed by atoms with van der Waals surface area (Å²) in [5, 5.41) is 6.47. The lowest BCUT2D eigenvalue weighted by Crippen LogP contribution is -2.33. The Morgan fingerprint density at radius 1 is 1.18 bits per heavy atom. The van der Waals surface area contributed by atoms with E-state index in [2.05, 4.69) is 57.4 Å². The van der Waals surface area contributed by atoms with E-state index < -0.39 is 0 Å². The number of fused-ring (bicyclic) bond motifs is 1. The van der Waals surface area contributed by atoms with Gasteiger partial charge >= 0.3 is 0 Å². The van der Waals surface area contributed by atoms with Crippen molar-refractivity contribution in [2.45, 2.75) is 32.7 Å². The molecule has 1 atom stereocenters. The molecular weight excluding hydrogens is 348 g/mol. The molecule has 2 aromatic carbocycles. The van der Waals surface area contributed by atoms with Crippen molar-refractivity contribution < 1.29 is 4.79 Å². The van der Waals surface area contributed by atoms with Gasteiger partial charge in [0, 0.05) is 18.7 Å². The monoisotopic (exact) mass is 376 g/mol. The molecule has 1 saturated heterocycles. The minimum Gasteiger partial charge on any atom is -0.352 e. The maximum absolute atomic E-state index is 12.3. The Labute approximate surface area is 166 Å². The van der Waals surface area contributed by atoms with Gasteiger partial charge in [0.1, 0.15) is 6.33 Å². The number of hydrogen-bond donors (Lipinski definition) is 2. The number of imidazole rings is 1. The Balaban J connectivity index is 1.32. The van der Waals surface area contributed by atoms with Crippen LogP contribution in [0.15, 0.2) is 54.9 Å². The van der Waals surface area contributed by atoms with Crippen LogP contribution >= 0.6 is 0 Å². The molecule has 2 N–H and O–H groups in total. The van der Waals surface area contributed by atoms with Crippen LogP contribution in [0, 0.1) is 11.8 Å². The van der Waals surface area contributed by atoms with Gasteiger partial charge in [-0.3, -0.25) is 9.36 Å². The molecule has 1 aliphatic rings. The minimum absolute atomic E-state index is 0.149. The summed E-state index contributed by atoms with van der Waals surface area (Å²) in [7, 11) is 0. The van der Waals surface area contributed by atoms with E-state index >= 15 is 0 Å². The third-order valence-corrected chi connectivity index (χ3v) is 5.85. The van der Waals surface area contributed by atoms with Crippen molar-refractivity contribution >= 4 is 16.9 Å². The van der Waals surface area contributed by atoms with Crippen molar-refractivity contribution in [1.82, 2.24) is 20.2 Å². The lowest BCUT2D eigenvalue weighted by Gasteiger charge is -2.27. The SMILES string of the molecule is CC(CC(=O)NCc1ccc(-n2cnc3ccccc32)cc1)C1CCNCC1. The standard InChI is InChI=1S/C23H28N4O/c1-17(19-10-12-24-13-11-19)14-23(28)25-15-18-6-8-20(9-7-18)27-16-26-21-4-2-3-5-22(21)27/h2-9,16-17,19,24H,10-15H2,1H3,(H,25,28). The fourth-order valence-electron chi connectivity index (χ4n) is 4.08. The quantitative estimate of drug-likeness (QED) is 0.690. The Hall–Kier alpha value is -2.66. The van der Waals surface area contributed by atoms with Crippen molar-refractivity contribution in [2.24, 2.45) is 11.8 Å². The van der Waals surface area contributed by atoms with Gasteiger partial charge in [0.2, 0.25) is 5.91 Å². The molecule has 0 spiro atoms. The molecule has 1 aliphatic heterocycles. The van der Waals surface area contributed by atoms with E-state index in [9.17, 15) is 4.79 Å². The highest BCUT2D eigenvalue weighted by Crippen LogP contribution is 2.24. The van der Waals surface area contributed by atoms with Crippen molar-refractivity contribution in [3.63, 3.8) is 0 Å². The van der Waals surface area contributed by atoms with Gasteiger partial charge in [-0.05, 0) is 67.6 Å². The fourth-order valence-corrected chi connectivity index (χ4v) is 4.08. The predicted molar refractivity (Wildman–Crippen MR) is 112 cm³/mol. The van der Waals surface area contributed by atoms with Crippen molar-refractivity contribution in [3.05, 3.63) is 60.4 Å². The zero-order valence-electron chi connectivity index (χ0n) is 16.4. The summed E-state index contributed by atoms with van der Waals surface area (Å²) in [5.74, 6) is 1.26. The number of nitrogens with one attached hydrogen (secondary N) is 2. The van der Waals surface area contributed by atoms with E-state index in [0.717, 1.165) is 35.4 Å². The largest absolute Gasteiger partial charge is 0.352 e. The topological polar surface area (TPSA) is 59.0 Å². The van der Waals surface area contributed by atoms with Gasteiger partial charge in [-0.15, -0.1) is 0 Å². The van der Waals surface area contributed by atoms with Crippen molar-refractivity contribution in [3.8, 4) is 5.69 Å². The van der Waals surface area contributed by atoms with Crippen LogP contribution < -0.4 is 10.6 Å². The summed E-state index contributed by atoms with van der Waals surface area (Å²) in [6, 6.07) is 16.4. The maximum atomic E-state index is 12.3. The Kier molecular flexibility index (Phi) is 5.72. The molecule has 146 valence electrons. The van der Waals surface area contributed by atoms with Gasteiger partial charge in [0.25, 0.3) is 0 Å². The summed E-state index contributed by atoms with van der Waals surface area (Å²) in [5.41, 5.74) is 4.26.